The van der Waals surface area contributed by atoms with Crippen molar-refractivity contribution in [2.75, 3.05) is 0 Å². The molecular weight excluding hydrogens is 256 g/mol. The van der Waals surface area contributed by atoms with Crippen LogP contribution < -0.4 is 0 Å². The largest absolute Gasteiger partial charge is 0.477 e. The van der Waals surface area contributed by atoms with E-state index in [0.29, 0.717) is 12.3 Å². The molecule has 2 rings (SSSR count). The molecule has 1 N–H and O–H groups in total. The molecule has 0 fully saturated rings. The van der Waals surface area contributed by atoms with Gasteiger partial charge >= 0.3 is 5.97 Å². The zero-order valence-electron chi connectivity index (χ0n) is 11.5. The highest BCUT2D eigenvalue weighted by Gasteiger charge is 2.17. The molecule has 1 heterocycles. The minimum atomic E-state index is -1.09. The molecule has 0 aliphatic heterocycles. The maximum atomic E-state index is 11.3. The zero-order chi connectivity index (χ0) is 14.5. The molecule has 1 aromatic heterocycles. The van der Waals surface area contributed by atoms with Crippen LogP contribution in [0.4, 0.5) is 0 Å². The van der Waals surface area contributed by atoms with Crippen molar-refractivity contribution in [2.24, 2.45) is 0 Å². The maximum Gasteiger partial charge on any atom is 0.341 e. The van der Waals surface area contributed by atoms with E-state index in [1.807, 2.05) is 31.2 Å². The fourth-order valence-corrected chi connectivity index (χ4v) is 1.74. The Kier molecular flexibility index (Phi) is 4.30. The molecule has 0 aliphatic carbocycles. The van der Waals surface area contributed by atoms with Gasteiger partial charge in [-0.3, -0.25) is 0 Å². The van der Waals surface area contributed by atoms with Gasteiger partial charge in [-0.25, -0.2) is 4.79 Å². The number of hydrogen-bond donors (Lipinski definition) is 1. The molecule has 0 atom stereocenters. The summed E-state index contributed by atoms with van der Waals surface area (Å²) >= 11 is 0. The molecule has 2 aromatic rings. The van der Waals surface area contributed by atoms with E-state index in [0.717, 1.165) is 12.0 Å². The summed E-state index contributed by atoms with van der Waals surface area (Å²) in [4.78, 5) is 11.3. The van der Waals surface area contributed by atoms with Crippen LogP contribution in [-0.4, -0.2) is 21.3 Å². The molecule has 104 valence electrons. The predicted molar refractivity (Wildman–Crippen MR) is 75.0 cm³/mol. The first-order valence-electron chi connectivity index (χ1n) is 6.50. The van der Waals surface area contributed by atoms with Crippen LogP contribution in [0.25, 0.3) is 11.6 Å². The van der Waals surface area contributed by atoms with E-state index >= 15 is 0 Å². The van der Waals surface area contributed by atoms with Gasteiger partial charge in [-0.1, -0.05) is 38.1 Å². The number of nitrogens with zero attached hydrogens (tertiary/aromatic N) is 2. The first-order chi connectivity index (χ1) is 9.63. The molecule has 1 aromatic carbocycles. The molecule has 0 bridgehead atoms. The Labute approximate surface area is 117 Å². The van der Waals surface area contributed by atoms with Gasteiger partial charge in [-0.05, 0) is 23.6 Å². The minimum Gasteiger partial charge on any atom is -0.477 e. The summed E-state index contributed by atoms with van der Waals surface area (Å²) in [6.07, 6.45) is 3.05. The Hall–Kier alpha value is -2.43. The third-order valence-electron chi connectivity index (χ3n) is 2.93. The minimum absolute atomic E-state index is 0.00134. The lowest BCUT2D eigenvalue weighted by Gasteiger charge is -2.00. The van der Waals surface area contributed by atoms with Crippen molar-refractivity contribution < 1.29 is 14.3 Å². The van der Waals surface area contributed by atoms with Crippen LogP contribution in [0.2, 0.25) is 0 Å². The van der Waals surface area contributed by atoms with E-state index in [9.17, 15) is 9.90 Å². The molecule has 5 nitrogen and oxygen atoms in total. The van der Waals surface area contributed by atoms with Crippen LogP contribution in [0.3, 0.4) is 0 Å². The molecule has 5 heteroatoms. The monoisotopic (exact) mass is 272 g/mol. The van der Waals surface area contributed by atoms with Gasteiger partial charge in [0.1, 0.15) is 5.57 Å². The van der Waals surface area contributed by atoms with Crippen LogP contribution in [-0.2, 0) is 17.6 Å². The van der Waals surface area contributed by atoms with Gasteiger partial charge in [-0.2, -0.15) is 0 Å². The van der Waals surface area contributed by atoms with E-state index < -0.39 is 5.97 Å². The second kappa shape index (κ2) is 6.14. The molecule has 0 aliphatic rings. The fourth-order valence-electron chi connectivity index (χ4n) is 1.74. The Morgan fingerprint density at radius 2 is 1.90 bits per heavy atom. The van der Waals surface area contributed by atoms with Gasteiger partial charge in [0.2, 0.25) is 5.89 Å². The number of carboxylic acid groups (broad SMARTS) is 1. The third-order valence-corrected chi connectivity index (χ3v) is 2.93. The van der Waals surface area contributed by atoms with Crippen LogP contribution in [0.1, 0.15) is 36.8 Å². The van der Waals surface area contributed by atoms with E-state index in [1.54, 1.807) is 0 Å². The first kappa shape index (κ1) is 14.0. The quantitative estimate of drug-likeness (QED) is 0.847. The second-order valence-corrected chi connectivity index (χ2v) is 4.31. The number of aliphatic carboxylic acids is 1. The molecule has 20 heavy (non-hydrogen) atoms. The fraction of sp³-hybridized carbons (Fsp3) is 0.267. The number of hydrogen-bond acceptors (Lipinski definition) is 4. The SMILES string of the molecule is CCc1ccc(/C=C(\C(=O)O)c2nnc(CC)o2)cc1. The highest BCUT2D eigenvalue weighted by atomic mass is 16.4. The molecular formula is C15H16N2O3. The Bertz CT molecular complexity index is 627. The summed E-state index contributed by atoms with van der Waals surface area (Å²) in [6.45, 7) is 3.93. The number of carboxylic acids is 1. The summed E-state index contributed by atoms with van der Waals surface area (Å²) in [5.41, 5.74) is 1.99. The average Bonchev–Trinajstić information content (AvgIpc) is 2.93. The normalized spacial score (nSPS) is 11.6. The summed E-state index contributed by atoms with van der Waals surface area (Å²) in [7, 11) is 0. The Morgan fingerprint density at radius 1 is 1.20 bits per heavy atom. The second-order valence-electron chi connectivity index (χ2n) is 4.31. The van der Waals surface area contributed by atoms with E-state index in [1.165, 1.54) is 11.6 Å². The van der Waals surface area contributed by atoms with Crippen molar-refractivity contribution in [3.63, 3.8) is 0 Å². The van der Waals surface area contributed by atoms with Crippen LogP contribution in [0.5, 0.6) is 0 Å². The molecule has 0 unspecified atom stereocenters. The number of benzene rings is 1. The lowest BCUT2D eigenvalue weighted by molar-refractivity contribution is -0.130. The summed E-state index contributed by atoms with van der Waals surface area (Å²) < 4.78 is 5.30. The van der Waals surface area contributed by atoms with Gasteiger partial charge in [0.05, 0.1) is 0 Å². The van der Waals surface area contributed by atoms with Crippen molar-refractivity contribution in [3.05, 3.63) is 47.2 Å². The summed E-state index contributed by atoms with van der Waals surface area (Å²) in [5, 5.41) is 16.8. The standard InChI is InChI=1S/C15H16N2O3/c1-3-10-5-7-11(8-6-10)9-12(15(18)19)14-17-16-13(4-2)20-14/h5-9H,3-4H2,1-2H3,(H,18,19)/b12-9-. The van der Waals surface area contributed by atoms with Gasteiger partial charge in [0.15, 0.2) is 0 Å². The third kappa shape index (κ3) is 3.12. The van der Waals surface area contributed by atoms with Crippen LogP contribution in [0, 0.1) is 0 Å². The van der Waals surface area contributed by atoms with Gasteiger partial charge < -0.3 is 9.52 Å². The van der Waals surface area contributed by atoms with Gasteiger partial charge in [0.25, 0.3) is 5.89 Å². The van der Waals surface area contributed by atoms with Crippen molar-refractivity contribution in [2.45, 2.75) is 26.7 Å². The zero-order valence-corrected chi connectivity index (χ0v) is 11.5. The van der Waals surface area contributed by atoms with Crippen LogP contribution in [0.15, 0.2) is 28.7 Å². The average molecular weight is 272 g/mol. The molecule has 0 amide bonds. The molecule has 0 spiro atoms. The van der Waals surface area contributed by atoms with Crippen molar-refractivity contribution in [3.8, 4) is 0 Å². The topological polar surface area (TPSA) is 76.2 Å². The highest BCUT2D eigenvalue weighted by Crippen LogP contribution is 2.18. The first-order valence-corrected chi connectivity index (χ1v) is 6.50. The highest BCUT2D eigenvalue weighted by molar-refractivity contribution is 6.19. The van der Waals surface area contributed by atoms with Crippen molar-refractivity contribution in [1.82, 2.24) is 10.2 Å². The van der Waals surface area contributed by atoms with E-state index in [2.05, 4.69) is 17.1 Å². The predicted octanol–water partition coefficient (Wildman–Crippen LogP) is 2.82. The van der Waals surface area contributed by atoms with Gasteiger partial charge in [-0.15, -0.1) is 10.2 Å². The van der Waals surface area contributed by atoms with Crippen molar-refractivity contribution in [1.29, 1.82) is 0 Å². The van der Waals surface area contributed by atoms with Gasteiger partial charge in [0, 0.05) is 6.42 Å². The Morgan fingerprint density at radius 3 is 2.40 bits per heavy atom. The number of rotatable bonds is 5. The summed E-state index contributed by atoms with van der Waals surface area (Å²) in [5.74, 6) is -0.627. The molecule has 0 saturated carbocycles. The Balaban J connectivity index is 2.36. The summed E-state index contributed by atoms with van der Waals surface area (Å²) in [6, 6.07) is 7.69. The van der Waals surface area contributed by atoms with Crippen molar-refractivity contribution >= 4 is 17.6 Å². The lowest BCUT2D eigenvalue weighted by Crippen LogP contribution is -2.00. The number of aryl methyl sites for hydroxylation is 2. The lowest BCUT2D eigenvalue weighted by atomic mass is 10.1. The smallest absolute Gasteiger partial charge is 0.341 e. The van der Waals surface area contributed by atoms with Crippen LogP contribution >= 0.6 is 0 Å². The molecule has 0 radical (unpaired) electrons. The molecule has 0 saturated heterocycles. The van der Waals surface area contributed by atoms with E-state index in [4.69, 9.17) is 4.42 Å². The van der Waals surface area contributed by atoms with E-state index in [-0.39, 0.29) is 11.5 Å². The number of aromatic nitrogens is 2. The maximum absolute atomic E-state index is 11.3. The number of carbonyl (C=O) groups is 1.